The number of likely N-dealkylation sites (tertiary alicyclic amines) is 1. The number of ether oxygens (including phenoxy) is 2. The number of rotatable bonds is 9. The standard InChI is InChI=1S/C19H38N4O2/c1-16-5-9-23(10-6-16)17(2)13-22-19(20-3)21-8-4-11-24-14-18-7-12-25-15-18/h16-18H,4-15H2,1-3H3,(H2,20,21,22). The van der Waals surface area contributed by atoms with Gasteiger partial charge in [0, 0.05) is 45.3 Å². The summed E-state index contributed by atoms with van der Waals surface area (Å²) < 4.78 is 11.1. The van der Waals surface area contributed by atoms with Crippen molar-refractivity contribution in [1.82, 2.24) is 15.5 Å². The molecule has 2 unspecified atom stereocenters. The highest BCUT2D eigenvalue weighted by molar-refractivity contribution is 5.79. The predicted octanol–water partition coefficient (Wildman–Crippen LogP) is 1.72. The van der Waals surface area contributed by atoms with Crippen molar-refractivity contribution in [3.8, 4) is 0 Å². The molecule has 146 valence electrons. The molecule has 2 aliphatic heterocycles. The zero-order valence-corrected chi connectivity index (χ0v) is 16.4. The van der Waals surface area contributed by atoms with Crippen LogP contribution in [0.25, 0.3) is 0 Å². The lowest BCUT2D eigenvalue weighted by atomic mass is 9.98. The molecule has 2 rings (SSSR count). The van der Waals surface area contributed by atoms with Crippen molar-refractivity contribution in [1.29, 1.82) is 0 Å². The third kappa shape index (κ3) is 7.92. The van der Waals surface area contributed by atoms with Gasteiger partial charge in [0.15, 0.2) is 5.96 Å². The molecule has 0 bridgehead atoms. The van der Waals surface area contributed by atoms with Crippen LogP contribution in [0.15, 0.2) is 4.99 Å². The quantitative estimate of drug-likeness (QED) is 0.375. The van der Waals surface area contributed by atoms with Crippen LogP contribution in [0.4, 0.5) is 0 Å². The molecular weight excluding hydrogens is 316 g/mol. The molecule has 0 spiro atoms. The van der Waals surface area contributed by atoms with Gasteiger partial charge in [0.05, 0.1) is 13.2 Å². The minimum absolute atomic E-state index is 0.544. The Hall–Kier alpha value is -0.850. The molecule has 2 aliphatic rings. The lowest BCUT2D eigenvalue weighted by Gasteiger charge is -2.35. The summed E-state index contributed by atoms with van der Waals surface area (Å²) in [6.07, 6.45) is 4.78. The Morgan fingerprint density at radius 3 is 2.76 bits per heavy atom. The van der Waals surface area contributed by atoms with Gasteiger partial charge in [-0.05, 0) is 51.6 Å². The number of nitrogens with zero attached hydrogens (tertiary/aromatic N) is 2. The maximum absolute atomic E-state index is 5.73. The van der Waals surface area contributed by atoms with Gasteiger partial charge in [0.25, 0.3) is 0 Å². The summed E-state index contributed by atoms with van der Waals surface area (Å²) in [6.45, 7) is 12.3. The van der Waals surface area contributed by atoms with E-state index in [0.717, 1.165) is 64.2 Å². The highest BCUT2D eigenvalue weighted by Gasteiger charge is 2.20. The van der Waals surface area contributed by atoms with E-state index in [9.17, 15) is 0 Å². The molecule has 0 aromatic rings. The summed E-state index contributed by atoms with van der Waals surface area (Å²) >= 11 is 0. The van der Waals surface area contributed by atoms with Crippen molar-refractivity contribution in [2.75, 3.05) is 59.7 Å². The van der Waals surface area contributed by atoms with Crippen LogP contribution in [-0.2, 0) is 9.47 Å². The molecule has 0 radical (unpaired) electrons. The van der Waals surface area contributed by atoms with Crippen molar-refractivity contribution in [2.45, 2.75) is 45.6 Å². The predicted molar refractivity (Wildman–Crippen MR) is 103 cm³/mol. The monoisotopic (exact) mass is 354 g/mol. The maximum Gasteiger partial charge on any atom is 0.191 e. The van der Waals surface area contributed by atoms with Crippen molar-refractivity contribution >= 4 is 5.96 Å². The molecule has 2 saturated heterocycles. The molecule has 0 aromatic heterocycles. The first-order chi connectivity index (χ1) is 12.2. The Morgan fingerprint density at radius 1 is 1.28 bits per heavy atom. The maximum atomic E-state index is 5.73. The molecule has 0 amide bonds. The van der Waals surface area contributed by atoms with Crippen molar-refractivity contribution in [3.63, 3.8) is 0 Å². The van der Waals surface area contributed by atoms with E-state index in [1.807, 2.05) is 7.05 Å². The Morgan fingerprint density at radius 2 is 2.08 bits per heavy atom. The number of guanidine groups is 1. The summed E-state index contributed by atoms with van der Waals surface area (Å²) in [5.41, 5.74) is 0. The van der Waals surface area contributed by atoms with Crippen molar-refractivity contribution in [2.24, 2.45) is 16.8 Å². The largest absolute Gasteiger partial charge is 0.381 e. The van der Waals surface area contributed by atoms with Gasteiger partial charge < -0.3 is 20.1 Å². The zero-order chi connectivity index (χ0) is 17.9. The van der Waals surface area contributed by atoms with Gasteiger partial charge in [0.1, 0.15) is 0 Å². The molecule has 0 saturated carbocycles. The average molecular weight is 355 g/mol. The highest BCUT2D eigenvalue weighted by atomic mass is 16.5. The third-order valence-corrected chi connectivity index (χ3v) is 5.37. The second kappa shape index (κ2) is 11.7. The Balaban J connectivity index is 1.49. The van der Waals surface area contributed by atoms with Gasteiger partial charge in [-0.25, -0.2) is 0 Å². The first-order valence-corrected chi connectivity index (χ1v) is 10.0. The third-order valence-electron chi connectivity index (χ3n) is 5.37. The first-order valence-electron chi connectivity index (χ1n) is 10.0. The molecule has 2 N–H and O–H groups in total. The molecule has 6 heteroatoms. The topological polar surface area (TPSA) is 58.1 Å². The van der Waals surface area contributed by atoms with E-state index in [4.69, 9.17) is 9.47 Å². The molecule has 2 atom stereocenters. The molecule has 2 heterocycles. The number of aliphatic imine (C=N–C) groups is 1. The van der Waals surface area contributed by atoms with Crippen LogP contribution in [0.3, 0.4) is 0 Å². The molecule has 25 heavy (non-hydrogen) atoms. The van der Waals surface area contributed by atoms with Crippen LogP contribution in [-0.4, -0.2) is 76.6 Å². The smallest absolute Gasteiger partial charge is 0.191 e. The Labute approximate surface area is 153 Å². The van der Waals surface area contributed by atoms with Crippen LogP contribution in [0.2, 0.25) is 0 Å². The first kappa shape index (κ1) is 20.5. The van der Waals surface area contributed by atoms with E-state index in [1.54, 1.807) is 0 Å². The van der Waals surface area contributed by atoms with E-state index < -0.39 is 0 Å². The van der Waals surface area contributed by atoms with Crippen LogP contribution >= 0.6 is 0 Å². The summed E-state index contributed by atoms with van der Waals surface area (Å²) in [5, 5.41) is 6.83. The number of hydrogen-bond acceptors (Lipinski definition) is 4. The lowest BCUT2D eigenvalue weighted by molar-refractivity contribution is 0.0888. The van der Waals surface area contributed by atoms with Crippen LogP contribution in [0.5, 0.6) is 0 Å². The number of nitrogens with one attached hydrogen (secondary N) is 2. The highest BCUT2D eigenvalue weighted by Crippen LogP contribution is 2.17. The molecule has 6 nitrogen and oxygen atoms in total. The summed E-state index contributed by atoms with van der Waals surface area (Å²) in [4.78, 5) is 6.90. The van der Waals surface area contributed by atoms with Gasteiger partial charge >= 0.3 is 0 Å². The second-order valence-electron chi connectivity index (χ2n) is 7.61. The summed E-state index contributed by atoms with van der Waals surface area (Å²) in [7, 11) is 1.83. The molecule has 0 aliphatic carbocycles. The van der Waals surface area contributed by atoms with Gasteiger partial charge in [-0.3, -0.25) is 9.89 Å². The van der Waals surface area contributed by atoms with Crippen LogP contribution < -0.4 is 10.6 Å². The zero-order valence-electron chi connectivity index (χ0n) is 16.4. The van der Waals surface area contributed by atoms with E-state index >= 15 is 0 Å². The second-order valence-corrected chi connectivity index (χ2v) is 7.61. The number of hydrogen-bond donors (Lipinski definition) is 2. The van der Waals surface area contributed by atoms with Gasteiger partial charge in [-0.15, -0.1) is 0 Å². The van der Waals surface area contributed by atoms with Crippen LogP contribution in [0, 0.1) is 11.8 Å². The minimum Gasteiger partial charge on any atom is -0.381 e. The van der Waals surface area contributed by atoms with E-state index in [1.165, 1.54) is 25.9 Å². The van der Waals surface area contributed by atoms with Gasteiger partial charge in [0.2, 0.25) is 0 Å². The van der Waals surface area contributed by atoms with E-state index in [0.29, 0.717) is 12.0 Å². The minimum atomic E-state index is 0.544. The van der Waals surface area contributed by atoms with E-state index in [-0.39, 0.29) is 0 Å². The summed E-state index contributed by atoms with van der Waals surface area (Å²) in [5.74, 6) is 2.37. The van der Waals surface area contributed by atoms with E-state index in [2.05, 4.69) is 34.4 Å². The number of piperidine rings is 1. The lowest BCUT2D eigenvalue weighted by Crippen LogP contribution is -2.48. The summed E-state index contributed by atoms with van der Waals surface area (Å²) in [6, 6.07) is 0.544. The van der Waals surface area contributed by atoms with Gasteiger partial charge in [-0.1, -0.05) is 6.92 Å². The van der Waals surface area contributed by atoms with Crippen molar-refractivity contribution < 1.29 is 9.47 Å². The van der Waals surface area contributed by atoms with Crippen LogP contribution in [0.1, 0.15) is 39.5 Å². The average Bonchev–Trinajstić information content (AvgIpc) is 3.14. The Kier molecular flexibility index (Phi) is 9.58. The molecule has 2 fully saturated rings. The normalized spacial score (nSPS) is 24.4. The molecule has 0 aromatic carbocycles. The fourth-order valence-corrected chi connectivity index (χ4v) is 3.41. The van der Waals surface area contributed by atoms with Gasteiger partial charge in [-0.2, -0.15) is 0 Å². The SMILES string of the molecule is CN=C(NCCCOCC1CCOC1)NCC(C)N1CCC(C)CC1. The Bertz CT molecular complexity index is 378. The fraction of sp³-hybridized carbons (Fsp3) is 0.947. The fourth-order valence-electron chi connectivity index (χ4n) is 3.41. The molecular formula is C19H38N4O2. The van der Waals surface area contributed by atoms with Crippen molar-refractivity contribution in [3.05, 3.63) is 0 Å².